The maximum Gasteiger partial charge on any atom is 0.434 e. The van der Waals surface area contributed by atoms with Crippen LogP contribution in [0.5, 0.6) is 0 Å². The predicted octanol–water partition coefficient (Wildman–Crippen LogP) is 3.37. The molecule has 6 nitrogen and oxygen atoms in total. The molecule has 10 heteroatoms. The normalized spacial score (nSPS) is 24.4. The Balaban J connectivity index is 1.72. The lowest BCUT2D eigenvalue weighted by Crippen LogP contribution is -2.57. The van der Waals surface area contributed by atoms with Gasteiger partial charge in [0.15, 0.2) is 11.5 Å². The number of morpholine rings is 1. The molecular formula is C20H20F3N3O3S. The van der Waals surface area contributed by atoms with E-state index in [2.05, 4.69) is 4.98 Å². The van der Waals surface area contributed by atoms with Crippen LogP contribution in [0, 0.1) is 5.41 Å². The van der Waals surface area contributed by atoms with Gasteiger partial charge in [-0.05, 0) is 30.0 Å². The second-order valence-corrected chi connectivity index (χ2v) is 9.26. The summed E-state index contributed by atoms with van der Waals surface area (Å²) >= 11 is 1.22. The van der Waals surface area contributed by atoms with E-state index in [1.54, 1.807) is 19.2 Å². The van der Waals surface area contributed by atoms with E-state index in [0.717, 1.165) is 0 Å². The SMILES string of the molecule is CC1(C)CC2(C=C(N)C1=O)CN(C(=O)c1cc3sccc3nc1C(F)(F)F)CCO2. The first kappa shape index (κ1) is 20.8. The Labute approximate surface area is 174 Å². The number of thiophene rings is 1. The fourth-order valence-electron chi connectivity index (χ4n) is 4.24. The number of pyridine rings is 1. The fraction of sp³-hybridized carbons (Fsp3) is 0.450. The van der Waals surface area contributed by atoms with Gasteiger partial charge < -0.3 is 15.4 Å². The van der Waals surface area contributed by atoms with Crippen molar-refractivity contribution in [1.82, 2.24) is 9.88 Å². The molecule has 3 heterocycles. The lowest BCUT2D eigenvalue weighted by atomic mass is 9.71. The number of nitrogens with two attached hydrogens (primary N) is 1. The van der Waals surface area contributed by atoms with Crippen molar-refractivity contribution in [1.29, 1.82) is 0 Å². The Bertz CT molecular complexity index is 1080. The summed E-state index contributed by atoms with van der Waals surface area (Å²) < 4.78 is 47.3. The van der Waals surface area contributed by atoms with Crippen molar-refractivity contribution >= 4 is 33.2 Å². The minimum Gasteiger partial charge on any atom is -0.396 e. The van der Waals surface area contributed by atoms with E-state index in [4.69, 9.17) is 10.5 Å². The lowest BCUT2D eigenvalue weighted by Gasteiger charge is -2.46. The molecule has 0 aromatic carbocycles. The molecule has 1 unspecified atom stereocenters. The van der Waals surface area contributed by atoms with Gasteiger partial charge in [0.25, 0.3) is 5.91 Å². The van der Waals surface area contributed by atoms with E-state index in [1.807, 2.05) is 0 Å². The second-order valence-electron chi connectivity index (χ2n) is 8.32. The molecule has 2 aromatic heterocycles. The highest BCUT2D eigenvalue weighted by atomic mass is 32.1. The summed E-state index contributed by atoms with van der Waals surface area (Å²) in [6.45, 7) is 3.72. The molecule has 1 spiro atoms. The van der Waals surface area contributed by atoms with Crippen LogP contribution in [0.25, 0.3) is 10.2 Å². The molecule has 0 saturated carbocycles. The van der Waals surface area contributed by atoms with Crippen LogP contribution in [-0.2, 0) is 15.7 Å². The molecule has 0 radical (unpaired) electrons. The van der Waals surface area contributed by atoms with E-state index < -0.39 is 34.4 Å². The Kier molecular flexibility index (Phi) is 4.70. The van der Waals surface area contributed by atoms with Crippen LogP contribution >= 0.6 is 11.3 Å². The number of carbonyl (C=O) groups excluding carboxylic acids is 2. The number of allylic oxidation sites excluding steroid dienone is 1. The molecule has 4 rings (SSSR count). The molecule has 1 aliphatic heterocycles. The molecule has 1 amide bonds. The summed E-state index contributed by atoms with van der Waals surface area (Å²) in [6, 6.07) is 2.74. The standard InChI is InChI=1S/C20H20F3N3O3S/c1-18(2)9-19(8-12(24)16(18)27)10-26(4-5-29-19)17(28)11-7-14-13(3-6-30-14)25-15(11)20(21,22)23/h3,6-8H,4-5,9-10,24H2,1-2H3. The maximum absolute atomic E-state index is 13.6. The summed E-state index contributed by atoms with van der Waals surface area (Å²) in [4.78, 5) is 30.5. The predicted molar refractivity (Wildman–Crippen MR) is 105 cm³/mol. The van der Waals surface area contributed by atoms with Crippen molar-refractivity contribution in [2.75, 3.05) is 19.7 Å². The number of ether oxygens (including phenoxy) is 1. The average Bonchev–Trinajstić information content (AvgIpc) is 3.11. The smallest absolute Gasteiger partial charge is 0.396 e. The van der Waals surface area contributed by atoms with Gasteiger partial charge in [-0.3, -0.25) is 9.59 Å². The van der Waals surface area contributed by atoms with Crippen LogP contribution in [0.1, 0.15) is 36.3 Å². The highest BCUT2D eigenvalue weighted by Crippen LogP contribution is 2.41. The van der Waals surface area contributed by atoms with Crippen LogP contribution in [0.15, 0.2) is 29.3 Å². The lowest BCUT2D eigenvalue weighted by molar-refractivity contribution is -0.142. The Morgan fingerprint density at radius 3 is 2.77 bits per heavy atom. The first-order chi connectivity index (χ1) is 13.9. The molecular weight excluding hydrogens is 419 g/mol. The third-order valence-electron chi connectivity index (χ3n) is 5.47. The van der Waals surface area contributed by atoms with Crippen molar-refractivity contribution in [3.05, 3.63) is 40.5 Å². The van der Waals surface area contributed by atoms with Crippen LogP contribution in [0.2, 0.25) is 0 Å². The Morgan fingerprint density at radius 2 is 2.10 bits per heavy atom. The highest BCUT2D eigenvalue weighted by molar-refractivity contribution is 7.17. The van der Waals surface area contributed by atoms with Crippen molar-refractivity contribution in [2.24, 2.45) is 11.1 Å². The maximum atomic E-state index is 13.6. The number of alkyl halides is 3. The molecule has 1 aliphatic carbocycles. The first-order valence-corrected chi connectivity index (χ1v) is 10.2. The zero-order valence-corrected chi connectivity index (χ0v) is 17.2. The van der Waals surface area contributed by atoms with Crippen molar-refractivity contribution in [3.8, 4) is 0 Å². The van der Waals surface area contributed by atoms with E-state index in [0.29, 0.717) is 4.70 Å². The number of rotatable bonds is 1. The quantitative estimate of drug-likeness (QED) is 0.737. The topological polar surface area (TPSA) is 85.5 Å². The van der Waals surface area contributed by atoms with E-state index >= 15 is 0 Å². The van der Waals surface area contributed by atoms with Gasteiger partial charge in [0.1, 0.15) is 5.60 Å². The van der Waals surface area contributed by atoms with E-state index in [9.17, 15) is 22.8 Å². The van der Waals surface area contributed by atoms with Gasteiger partial charge >= 0.3 is 6.18 Å². The molecule has 160 valence electrons. The summed E-state index contributed by atoms with van der Waals surface area (Å²) in [5.74, 6) is -0.985. The molecule has 1 saturated heterocycles. The van der Waals surface area contributed by atoms with Gasteiger partial charge in [-0.25, -0.2) is 4.98 Å². The van der Waals surface area contributed by atoms with Gasteiger partial charge in [0, 0.05) is 12.0 Å². The van der Waals surface area contributed by atoms with Gasteiger partial charge in [0.05, 0.1) is 34.6 Å². The molecule has 30 heavy (non-hydrogen) atoms. The fourth-order valence-corrected chi connectivity index (χ4v) is 5.00. The van der Waals surface area contributed by atoms with E-state index in [1.165, 1.54) is 34.4 Å². The number of ketones is 1. The van der Waals surface area contributed by atoms with Gasteiger partial charge in [-0.2, -0.15) is 13.2 Å². The zero-order chi connectivity index (χ0) is 21.9. The third-order valence-corrected chi connectivity index (χ3v) is 6.32. The summed E-state index contributed by atoms with van der Waals surface area (Å²) in [5.41, 5.74) is 2.62. The molecule has 2 N–H and O–H groups in total. The summed E-state index contributed by atoms with van der Waals surface area (Å²) in [6.07, 6.45) is -3.00. The number of Topliss-reactive ketones (excluding diaryl/α,β-unsaturated/α-hetero) is 1. The third kappa shape index (κ3) is 3.47. The number of hydrogen-bond donors (Lipinski definition) is 1. The second kappa shape index (κ2) is 6.78. The number of halogens is 3. The molecule has 0 bridgehead atoms. The summed E-state index contributed by atoms with van der Waals surface area (Å²) in [7, 11) is 0. The molecule has 2 aliphatic rings. The number of amides is 1. The Morgan fingerprint density at radius 1 is 1.37 bits per heavy atom. The van der Waals surface area contributed by atoms with Gasteiger partial charge in [-0.1, -0.05) is 13.8 Å². The minimum atomic E-state index is -4.77. The number of hydrogen-bond acceptors (Lipinski definition) is 6. The van der Waals surface area contributed by atoms with Crippen LogP contribution < -0.4 is 5.73 Å². The number of carbonyl (C=O) groups is 2. The minimum absolute atomic E-state index is 0.00299. The number of nitrogens with zero attached hydrogens (tertiary/aromatic N) is 2. The number of fused-ring (bicyclic) bond motifs is 1. The zero-order valence-electron chi connectivity index (χ0n) is 16.4. The summed E-state index contributed by atoms with van der Waals surface area (Å²) in [5, 5.41) is 1.63. The van der Waals surface area contributed by atoms with Crippen molar-refractivity contribution in [2.45, 2.75) is 32.0 Å². The largest absolute Gasteiger partial charge is 0.434 e. The molecule has 1 atom stereocenters. The van der Waals surface area contributed by atoms with Crippen LogP contribution in [-0.4, -0.2) is 46.9 Å². The Hall–Kier alpha value is -2.46. The monoisotopic (exact) mass is 439 g/mol. The highest BCUT2D eigenvalue weighted by Gasteiger charge is 2.48. The van der Waals surface area contributed by atoms with Gasteiger partial charge in [-0.15, -0.1) is 11.3 Å². The van der Waals surface area contributed by atoms with Crippen molar-refractivity contribution in [3.63, 3.8) is 0 Å². The molecule has 2 aromatic rings. The van der Waals surface area contributed by atoms with E-state index in [-0.39, 0.29) is 43.1 Å². The van der Waals surface area contributed by atoms with Crippen molar-refractivity contribution < 1.29 is 27.5 Å². The molecule has 1 fully saturated rings. The van der Waals surface area contributed by atoms with Crippen LogP contribution in [0.3, 0.4) is 0 Å². The van der Waals surface area contributed by atoms with Crippen LogP contribution in [0.4, 0.5) is 13.2 Å². The van der Waals surface area contributed by atoms with Gasteiger partial charge in [0.2, 0.25) is 0 Å². The number of aromatic nitrogens is 1. The average molecular weight is 439 g/mol. The first-order valence-electron chi connectivity index (χ1n) is 9.34.